The van der Waals surface area contributed by atoms with Gasteiger partial charge in [0.15, 0.2) is 5.16 Å². The Morgan fingerprint density at radius 3 is 2.72 bits per heavy atom. The summed E-state index contributed by atoms with van der Waals surface area (Å²) in [7, 11) is 0. The largest absolute Gasteiger partial charge is 0.355 e. The first kappa shape index (κ1) is 21.2. The third-order valence-corrected chi connectivity index (χ3v) is 5.90. The number of benzene rings is 1. The third kappa shape index (κ3) is 4.90. The maximum Gasteiger partial charge on any atom is 0.278 e. The lowest BCUT2D eigenvalue weighted by Crippen LogP contribution is -2.33. The Labute approximate surface area is 175 Å². The Hall–Kier alpha value is -2.54. The van der Waals surface area contributed by atoms with Crippen molar-refractivity contribution < 1.29 is 4.79 Å². The van der Waals surface area contributed by atoms with Gasteiger partial charge in [-0.05, 0) is 25.3 Å². The lowest BCUT2D eigenvalue weighted by molar-refractivity contribution is -0.119. The Morgan fingerprint density at radius 2 is 2.03 bits per heavy atom. The predicted octanol–water partition coefficient (Wildman–Crippen LogP) is 4.20. The number of hydrogen-bond donors (Lipinski definition) is 2. The van der Waals surface area contributed by atoms with Crippen LogP contribution in [0.4, 0.5) is 0 Å². The number of aromatic amines is 1. The molecular weight excluding hydrogens is 384 g/mol. The fraction of sp³-hybridized carbons (Fsp3) is 0.409. The highest BCUT2D eigenvalue weighted by atomic mass is 32.2. The van der Waals surface area contributed by atoms with Crippen molar-refractivity contribution in [3.63, 3.8) is 0 Å². The van der Waals surface area contributed by atoms with E-state index in [0.717, 1.165) is 30.4 Å². The standard InChI is InChI=1S/C22H28N4O2S/c1-4-6-12-26-21(28)20-19(17(13-23-20)16-10-8-7-9-11-16)25-22(26)29-14-18(27)24-15(3)5-2/h7-11,13,15,23H,4-6,12,14H2,1-3H3,(H,24,27)/t15-/m1/s1. The normalized spacial score (nSPS) is 12.2. The van der Waals surface area contributed by atoms with Gasteiger partial charge in [-0.3, -0.25) is 14.2 Å². The van der Waals surface area contributed by atoms with Crippen LogP contribution in [-0.2, 0) is 11.3 Å². The summed E-state index contributed by atoms with van der Waals surface area (Å²) in [6.45, 7) is 6.70. The number of nitrogens with zero attached hydrogens (tertiary/aromatic N) is 2. The molecule has 0 saturated carbocycles. The Balaban J connectivity index is 1.99. The highest BCUT2D eigenvalue weighted by Crippen LogP contribution is 2.27. The maximum atomic E-state index is 13.1. The van der Waals surface area contributed by atoms with E-state index in [2.05, 4.69) is 17.2 Å². The molecule has 3 aromatic rings. The van der Waals surface area contributed by atoms with Crippen molar-refractivity contribution in [3.8, 4) is 11.1 Å². The summed E-state index contributed by atoms with van der Waals surface area (Å²) in [6.07, 6.45) is 4.57. The van der Waals surface area contributed by atoms with Crippen LogP contribution in [0.3, 0.4) is 0 Å². The van der Waals surface area contributed by atoms with Gasteiger partial charge in [0.1, 0.15) is 11.0 Å². The van der Waals surface area contributed by atoms with Gasteiger partial charge < -0.3 is 10.3 Å². The van der Waals surface area contributed by atoms with Crippen LogP contribution < -0.4 is 10.9 Å². The fourth-order valence-electron chi connectivity index (χ4n) is 3.08. The van der Waals surface area contributed by atoms with Crippen LogP contribution in [0.15, 0.2) is 46.5 Å². The van der Waals surface area contributed by atoms with Gasteiger partial charge in [0.05, 0.1) is 5.75 Å². The number of carbonyl (C=O) groups excluding carboxylic acids is 1. The Morgan fingerprint density at radius 1 is 1.28 bits per heavy atom. The number of H-pyrrole nitrogens is 1. The van der Waals surface area contributed by atoms with Gasteiger partial charge >= 0.3 is 0 Å². The summed E-state index contributed by atoms with van der Waals surface area (Å²) in [6, 6.07) is 10.0. The molecule has 154 valence electrons. The highest BCUT2D eigenvalue weighted by molar-refractivity contribution is 7.99. The number of nitrogens with one attached hydrogen (secondary N) is 2. The molecule has 2 heterocycles. The summed E-state index contributed by atoms with van der Waals surface area (Å²) in [5.41, 5.74) is 2.97. The van der Waals surface area contributed by atoms with Crippen molar-refractivity contribution in [3.05, 3.63) is 46.9 Å². The average Bonchev–Trinajstić information content (AvgIpc) is 3.16. The molecule has 2 aromatic heterocycles. The second-order valence-electron chi connectivity index (χ2n) is 7.16. The van der Waals surface area contributed by atoms with Crippen molar-refractivity contribution in [2.75, 3.05) is 5.75 Å². The van der Waals surface area contributed by atoms with Crippen LogP contribution in [0.2, 0.25) is 0 Å². The molecule has 0 aliphatic heterocycles. The molecule has 1 amide bonds. The van der Waals surface area contributed by atoms with Crippen molar-refractivity contribution >= 4 is 28.7 Å². The van der Waals surface area contributed by atoms with Crippen LogP contribution in [0, 0.1) is 0 Å². The predicted molar refractivity (Wildman–Crippen MR) is 119 cm³/mol. The number of fused-ring (bicyclic) bond motifs is 1. The number of unbranched alkanes of at least 4 members (excludes halogenated alkanes) is 1. The topological polar surface area (TPSA) is 79.8 Å². The lowest BCUT2D eigenvalue weighted by atomic mass is 10.1. The van der Waals surface area contributed by atoms with Gasteiger partial charge in [-0.25, -0.2) is 4.98 Å². The van der Waals surface area contributed by atoms with Crippen molar-refractivity contribution in [2.24, 2.45) is 0 Å². The third-order valence-electron chi connectivity index (χ3n) is 4.92. The van der Waals surface area contributed by atoms with E-state index in [1.165, 1.54) is 11.8 Å². The Kier molecular flexibility index (Phi) is 7.14. The molecule has 29 heavy (non-hydrogen) atoms. The molecule has 0 aliphatic rings. The number of thioether (sulfide) groups is 1. The van der Waals surface area contributed by atoms with E-state index in [1.807, 2.05) is 50.4 Å². The second-order valence-corrected chi connectivity index (χ2v) is 8.10. The van der Waals surface area contributed by atoms with Gasteiger partial charge in [0.25, 0.3) is 5.56 Å². The first-order chi connectivity index (χ1) is 14.0. The highest BCUT2D eigenvalue weighted by Gasteiger charge is 2.17. The van der Waals surface area contributed by atoms with Gasteiger partial charge in [-0.2, -0.15) is 0 Å². The van der Waals surface area contributed by atoms with E-state index in [4.69, 9.17) is 4.98 Å². The van der Waals surface area contributed by atoms with E-state index in [0.29, 0.717) is 22.7 Å². The molecule has 0 aliphatic carbocycles. The first-order valence-electron chi connectivity index (χ1n) is 10.1. The minimum Gasteiger partial charge on any atom is -0.355 e. The SMILES string of the molecule is CCCCn1c(SCC(=O)N[C@H](C)CC)nc2c(-c3ccccc3)c[nH]c2c1=O. The van der Waals surface area contributed by atoms with E-state index in [-0.39, 0.29) is 23.3 Å². The van der Waals surface area contributed by atoms with Crippen LogP contribution in [0.5, 0.6) is 0 Å². The molecular formula is C22H28N4O2S. The molecule has 7 heteroatoms. The molecule has 6 nitrogen and oxygen atoms in total. The van der Waals surface area contributed by atoms with Crippen LogP contribution in [0.1, 0.15) is 40.0 Å². The number of aromatic nitrogens is 3. The number of amides is 1. The number of hydrogen-bond acceptors (Lipinski definition) is 4. The summed E-state index contributed by atoms with van der Waals surface area (Å²) in [5, 5.41) is 3.56. The number of rotatable bonds is 9. The zero-order valence-electron chi connectivity index (χ0n) is 17.2. The minimum atomic E-state index is -0.0875. The molecule has 1 atom stereocenters. The molecule has 0 unspecified atom stereocenters. The summed E-state index contributed by atoms with van der Waals surface area (Å²) < 4.78 is 1.69. The van der Waals surface area contributed by atoms with Crippen LogP contribution in [0.25, 0.3) is 22.2 Å². The molecule has 0 saturated heterocycles. The maximum absolute atomic E-state index is 13.1. The van der Waals surface area contributed by atoms with Gasteiger partial charge in [0, 0.05) is 24.3 Å². The van der Waals surface area contributed by atoms with Crippen molar-refractivity contribution in [2.45, 2.75) is 57.8 Å². The Bertz CT molecular complexity index is 1030. The second kappa shape index (κ2) is 9.78. The fourth-order valence-corrected chi connectivity index (χ4v) is 3.91. The molecule has 0 spiro atoms. The molecule has 0 fully saturated rings. The molecule has 2 N–H and O–H groups in total. The van der Waals surface area contributed by atoms with Crippen LogP contribution >= 0.6 is 11.8 Å². The van der Waals surface area contributed by atoms with E-state index >= 15 is 0 Å². The van der Waals surface area contributed by atoms with Crippen molar-refractivity contribution in [1.82, 2.24) is 19.9 Å². The van der Waals surface area contributed by atoms with Gasteiger partial charge in [-0.1, -0.05) is 62.4 Å². The van der Waals surface area contributed by atoms with E-state index in [1.54, 1.807) is 4.57 Å². The van der Waals surface area contributed by atoms with Gasteiger partial charge in [-0.15, -0.1) is 0 Å². The monoisotopic (exact) mass is 412 g/mol. The molecule has 0 bridgehead atoms. The zero-order chi connectivity index (χ0) is 20.8. The molecule has 3 rings (SSSR count). The number of carbonyl (C=O) groups is 1. The van der Waals surface area contributed by atoms with E-state index in [9.17, 15) is 9.59 Å². The van der Waals surface area contributed by atoms with Gasteiger partial charge in [0.2, 0.25) is 5.91 Å². The summed E-state index contributed by atoms with van der Waals surface area (Å²) in [5.74, 6) is 0.192. The lowest BCUT2D eigenvalue weighted by Gasteiger charge is -2.13. The van der Waals surface area contributed by atoms with Crippen LogP contribution in [-0.4, -0.2) is 32.2 Å². The zero-order valence-corrected chi connectivity index (χ0v) is 18.0. The first-order valence-corrected chi connectivity index (χ1v) is 11.1. The smallest absolute Gasteiger partial charge is 0.278 e. The molecule has 1 aromatic carbocycles. The summed E-state index contributed by atoms with van der Waals surface area (Å²) in [4.78, 5) is 33.3. The quantitative estimate of drug-likeness (QED) is 0.408. The average molecular weight is 413 g/mol. The molecule has 0 radical (unpaired) electrons. The summed E-state index contributed by atoms with van der Waals surface area (Å²) >= 11 is 1.32. The van der Waals surface area contributed by atoms with E-state index < -0.39 is 0 Å². The van der Waals surface area contributed by atoms with Crippen molar-refractivity contribution in [1.29, 1.82) is 0 Å². The minimum absolute atomic E-state index is 0.0434.